The van der Waals surface area contributed by atoms with Gasteiger partial charge in [-0.1, -0.05) is 13.8 Å². The Morgan fingerprint density at radius 1 is 1.19 bits per heavy atom. The molecule has 1 N–H and O–H groups in total. The summed E-state index contributed by atoms with van der Waals surface area (Å²) in [5.41, 5.74) is -0.729. The Hall–Kier alpha value is -0.610. The predicted octanol–water partition coefficient (Wildman–Crippen LogP) is 1.59. The molecular weight excluding hydrogens is 206 g/mol. The van der Waals surface area contributed by atoms with Crippen molar-refractivity contribution in [2.75, 3.05) is 27.4 Å². The molecule has 0 saturated carbocycles. The zero-order valence-corrected chi connectivity index (χ0v) is 11.3. The Bertz CT molecular complexity index is 224. The Morgan fingerprint density at radius 2 is 1.75 bits per heavy atom. The highest BCUT2D eigenvalue weighted by atomic mass is 16.5. The van der Waals surface area contributed by atoms with Crippen LogP contribution in [-0.2, 0) is 14.3 Å². The molecule has 0 atom stereocenters. The Labute approximate surface area is 98.7 Å². The highest BCUT2D eigenvalue weighted by Gasteiger charge is 2.28. The van der Waals surface area contributed by atoms with Gasteiger partial charge in [-0.25, -0.2) is 0 Å². The molecule has 4 nitrogen and oxygen atoms in total. The van der Waals surface area contributed by atoms with Crippen LogP contribution in [0.25, 0.3) is 0 Å². The van der Waals surface area contributed by atoms with Gasteiger partial charge < -0.3 is 14.8 Å². The maximum absolute atomic E-state index is 11.7. The molecule has 0 aromatic heterocycles. The lowest BCUT2D eigenvalue weighted by Crippen LogP contribution is -2.46. The van der Waals surface area contributed by atoms with Gasteiger partial charge in [0.1, 0.15) is 5.60 Å². The van der Waals surface area contributed by atoms with Crippen LogP contribution in [0.2, 0.25) is 0 Å². The standard InChI is InChI=1S/C12H25NO3/c1-11(2,7-8-15-5)9-13-10(14)12(3,4)16-6/h7-9H2,1-6H3,(H,13,14). The van der Waals surface area contributed by atoms with E-state index in [9.17, 15) is 4.79 Å². The van der Waals surface area contributed by atoms with Crippen LogP contribution in [0.3, 0.4) is 0 Å². The van der Waals surface area contributed by atoms with Crippen LogP contribution >= 0.6 is 0 Å². The lowest BCUT2D eigenvalue weighted by Gasteiger charge is -2.28. The van der Waals surface area contributed by atoms with E-state index in [1.807, 2.05) is 0 Å². The lowest BCUT2D eigenvalue weighted by molar-refractivity contribution is -0.140. The van der Waals surface area contributed by atoms with Crippen molar-refractivity contribution in [2.24, 2.45) is 5.41 Å². The molecule has 0 radical (unpaired) electrons. The van der Waals surface area contributed by atoms with Crippen molar-refractivity contribution in [3.8, 4) is 0 Å². The van der Waals surface area contributed by atoms with Crippen LogP contribution in [0.5, 0.6) is 0 Å². The Morgan fingerprint density at radius 3 is 2.19 bits per heavy atom. The van der Waals surface area contributed by atoms with Gasteiger partial charge in [0.15, 0.2) is 0 Å². The monoisotopic (exact) mass is 231 g/mol. The van der Waals surface area contributed by atoms with Crippen molar-refractivity contribution in [1.82, 2.24) is 5.32 Å². The first kappa shape index (κ1) is 15.4. The molecule has 0 heterocycles. The molecule has 0 fully saturated rings. The first-order valence-corrected chi connectivity index (χ1v) is 5.57. The minimum Gasteiger partial charge on any atom is -0.385 e. The van der Waals surface area contributed by atoms with Gasteiger partial charge in [0, 0.05) is 27.4 Å². The lowest BCUT2D eigenvalue weighted by atomic mass is 9.89. The van der Waals surface area contributed by atoms with Gasteiger partial charge in [0.2, 0.25) is 0 Å². The smallest absolute Gasteiger partial charge is 0.251 e. The summed E-state index contributed by atoms with van der Waals surface area (Å²) in [4.78, 5) is 11.7. The number of ether oxygens (including phenoxy) is 2. The predicted molar refractivity (Wildman–Crippen MR) is 64.4 cm³/mol. The van der Waals surface area contributed by atoms with Crippen LogP contribution in [0, 0.1) is 5.41 Å². The molecule has 0 rings (SSSR count). The van der Waals surface area contributed by atoms with Gasteiger partial charge in [-0.3, -0.25) is 4.79 Å². The quantitative estimate of drug-likeness (QED) is 0.724. The minimum atomic E-state index is -0.767. The van der Waals surface area contributed by atoms with E-state index < -0.39 is 5.60 Å². The number of carbonyl (C=O) groups excluding carboxylic acids is 1. The maximum atomic E-state index is 11.7. The molecule has 1 amide bonds. The topological polar surface area (TPSA) is 47.6 Å². The highest BCUT2D eigenvalue weighted by molar-refractivity contribution is 5.84. The van der Waals surface area contributed by atoms with Gasteiger partial charge in [0.05, 0.1) is 0 Å². The second-order valence-electron chi connectivity index (χ2n) is 5.30. The van der Waals surface area contributed by atoms with Crippen LogP contribution in [0.4, 0.5) is 0 Å². The molecule has 0 spiro atoms. The number of nitrogens with one attached hydrogen (secondary N) is 1. The summed E-state index contributed by atoms with van der Waals surface area (Å²) in [5, 5.41) is 2.90. The van der Waals surface area contributed by atoms with Crippen LogP contribution < -0.4 is 5.32 Å². The minimum absolute atomic E-state index is 0.0372. The SMILES string of the molecule is COCCC(C)(C)CNC(=O)C(C)(C)OC. The second kappa shape index (κ2) is 6.21. The van der Waals surface area contributed by atoms with Gasteiger partial charge >= 0.3 is 0 Å². The number of carbonyl (C=O) groups is 1. The van der Waals surface area contributed by atoms with Crippen molar-refractivity contribution < 1.29 is 14.3 Å². The maximum Gasteiger partial charge on any atom is 0.251 e. The van der Waals surface area contributed by atoms with Crippen LogP contribution in [0.15, 0.2) is 0 Å². The Balaban J connectivity index is 4.09. The van der Waals surface area contributed by atoms with Crippen molar-refractivity contribution in [3.63, 3.8) is 0 Å². The number of amides is 1. The highest BCUT2D eigenvalue weighted by Crippen LogP contribution is 2.19. The van der Waals surface area contributed by atoms with E-state index in [-0.39, 0.29) is 11.3 Å². The van der Waals surface area contributed by atoms with E-state index in [1.54, 1.807) is 21.0 Å². The molecule has 0 aromatic carbocycles. The fourth-order valence-electron chi connectivity index (χ4n) is 1.09. The largest absolute Gasteiger partial charge is 0.385 e. The molecule has 0 unspecified atom stereocenters. The second-order valence-corrected chi connectivity index (χ2v) is 5.30. The van der Waals surface area contributed by atoms with Crippen LogP contribution in [-0.4, -0.2) is 38.9 Å². The number of methoxy groups -OCH3 is 2. The van der Waals surface area contributed by atoms with E-state index in [2.05, 4.69) is 19.2 Å². The van der Waals surface area contributed by atoms with Gasteiger partial charge in [-0.15, -0.1) is 0 Å². The summed E-state index contributed by atoms with van der Waals surface area (Å²) in [6.07, 6.45) is 0.914. The number of hydrogen-bond acceptors (Lipinski definition) is 3. The summed E-state index contributed by atoms with van der Waals surface area (Å²) in [5.74, 6) is -0.0829. The average molecular weight is 231 g/mol. The van der Waals surface area contributed by atoms with Crippen LogP contribution in [0.1, 0.15) is 34.1 Å². The summed E-state index contributed by atoms with van der Waals surface area (Å²) in [6, 6.07) is 0. The zero-order chi connectivity index (χ0) is 12.8. The molecule has 0 aliphatic heterocycles. The first-order chi connectivity index (χ1) is 7.25. The van der Waals surface area contributed by atoms with Crippen molar-refractivity contribution in [2.45, 2.75) is 39.7 Å². The third-order valence-corrected chi connectivity index (χ3v) is 2.77. The molecule has 0 aliphatic rings. The van der Waals surface area contributed by atoms with Crippen molar-refractivity contribution >= 4 is 5.91 Å². The number of rotatable bonds is 7. The molecule has 0 saturated heterocycles. The summed E-state index contributed by atoms with van der Waals surface area (Å²) < 4.78 is 10.1. The summed E-state index contributed by atoms with van der Waals surface area (Å²) in [6.45, 7) is 9.05. The molecule has 0 aromatic rings. The molecule has 0 bridgehead atoms. The summed E-state index contributed by atoms with van der Waals surface area (Å²) in [7, 11) is 3.22. The zero-order valence-electron chi connectivity index (χ0n) is 11.3. The number of hydrogen-bond donors (Lipinski definition) is 1. The van der Waals surface area contributed by atoms with Gasteiger partial charge in [-0.05, 0) is 25.7 Å². The fourth-order valence-corrected chi connectivity index (χ4v) is 1.09. The third kappa shape index (κ3) is 5.47. The summed E-state index contributed by atoms with van der Waals surface area (Å²) >= 11 is 0. The first-order valence-electron chi connectivity index (χ1n) is 5.57. The van der Waals surface area contributed by atoms with Gasteiger partial charge in [0.25, 0.3) is 5.91 Å². The Kier molecular flexibility index (Phi) is 5.97. The van der Waals surface area contributed by atoms with E-state index in [4.69, 9.17) is 9.47 Å². The normalized spacial score (nSPS) is 12.6. The van der Waals surface area contributed by atoms with E-state index in [1.165, 1.54) is 7.11 Å². The van der Waals surface area contributed by atoms with Crippen molar-refractivity contribution in [3.05, 3.63) is 0 Å². The fraction of sp³-hybridized carbons (Fsp3) is 0.917. The third-order valence-electron chi connectivity index (χ3n) is 2.77. The molecule has 0 aliphatic carbocycles. The molecular formula is C12H25NO3. The van der Waals surface area contributed by atoms with E-state index in [0.29, 0.717) is 13.2 Å². The van der Waals surface area contributed by atoms with Gasteiger partial charge in [-0.2, -0.15) is 0 Å². The van der Waals surface area contributed by atoms with Crippen molar-refractivity contribution in [1.29, 1.82) is 0 Å². The molecule has 4 heteroatoms. The van der Waals surface area contributed by atoms with E-state index >= 15 is 0 Å². The average Bonchev–Trinajstić information content (AvgIpc) is 2.23. The van der Waals surface area contributed by atoms with E-state index in [0.717, 1.165) is 6.42 Å². The molecule has 96 valence electrons. The molecule has 16 heavy (non-hydrogen) atoms.